The highest BCUT2D eigenvalue weighted by molar-refractivity contribution is 6.31. The lowest BCUT2D eigenvalue weighted by Gasteiger charge is -2.12. The molecule has 0 saturated carbocycles. The molecule has 3 aromatic rings. The zero-order chi connectivity index (χ0) is 17.3. The lowest BCUT2D eigenvalue weighted by molar-refractivity contribution is 0.0601. The van der Waals surface area contributed by atoms with Gasteiger partial charge in [-0.2, -0.15) is 0 Å². The predicted octanol–water partition coefficient (Wildman–Crippen LogP) is 5.08. The maximum absolute atomic E-state index is 11.8. The van der Waals surface area contributed by atoms with Crippen LogP contribution in [0, 0.1) is 13.8 Å². The van der Waals surface area contributed by atoms with Gasteiger partial charge in [-0.15, -0.1) is 0 Å². The van der Waals surface area contributed by atoms with Crippen LogP contribution < -0.4 is 4.74 Å². The molecule has 0 spiro atoms. The first kappa shape index (κ1) is 16.3. The molecule has 0 aliphatic heterocycles. The molecule has 0 unspecified atom stereocenters. The highest BCUT2D eigenvalue weighted by Crippen LogP contribution is 2.32. The van der Waals surface area contributed by atoms with Crippen molar-refractivity contribution in [2.24, 2.45) is 0 Å². The lowest BCUT2D eigenvalue weighted by Crippen LogP contribution is -2.01. The van der Waals surface area contributed by atoms with E-state index in [1.807, 2.05) is 26.0 Å². The Hall–Kier alpha value is -2.59. The smallest absolute Gasteiger partial charge is 0.337 e. The van der Waals surface area contributed by atoms with Crippen molar-refractivity contribution in [3.63, 3.8) is 0 Å². The van der Waals surface area contributed by atoms with Crippen molar-refractivity contribution in [3.05, 3.63) is 64.3 Å². The number of nitrogens with zero attached hydrogens (tertiary/aromatic N) is 1. The molecule has 4 nitrogen and oxygen atoms in total. The quantitative estimate of drug-likeness (QED) is 0.623. The number of fused-ring (bicyclic) bond motifs is 1. The minimum atomic E-state index is -0.397. The van der Waals surface area contributed by atoms with Crippen LogP contribution in [-0.4, -0.2) is 18.1 Å². The number of carbonyl (C=O) groups excluding carboxylic acids is 1. The van der Waals surface area contributed by atoms with Crippen molar-refractivity contribution in [2.75, 3.05) is 7.11 Å². The third-order valence-electron chi connectivity index (χ3n) is 3.68. The Morgan fingerprint density at radius 3 is 2.58 bits per heavy atom. The Kier molecular flexibility index (Phi) is 4.40. The summed E-state index contributed by atoms with van der Waals surface area (Å²) in [6.07, 6.45) is 0. The first-order chi connectivity index (χ1) is 11.5. The van der Waals surface area contributed by atoms with Gasteiger partial charge in [-0.1, -0.05) is 11.6 Å². The van der Waals surface area contributed by atoms with Crippen LogP contribution in [0.2, 0.25) is 5.02 Å². The molecular formula is C19H16ClNO3. The van der Waals surface area contributed by atoms with Crippen molar-refractivity contribution in [1.29, 1.82) is 0 Å². The number of esters is 1. The Labute approximate surface area is 145 Å². The van der Waals surface area contributed by atoms with Gasteiger partial charge in [0, 0.05) is 22.2 Å². The number of ether oxygens (including phenoxy) is 2. The van der Waals surface area contributed by atoms with Crippen molar-refractivity contribution >= 4 is 28.5 Å². The van der Waals surface area contributed by atoms with E-state index < -0.39 is 5.97 Å². The highest BCUT2D eigenvalue weighted by Gasteiger charge is 2.12. The Bertz CT molecular complexity index is 937. The third-order valence-corrected chi connectivity index (χ3v) is 4.10. The summed E-state index contributed by atoms with van der Waals surface area (Å²) in [4.78, 5) is 16.3. The molecule has 0 radical (unpaired) electrons. The van der Waals surface area contributed by atoms with Crippen LogP contribution in [0.25, 0.3) is 10.9 Å². The second-order valence-electron chi connectivity index (χ2n) is 5.50. The summed E-state index contributed by atoms with van der Waals surface area (Å²) in [6, 6.07) is 12.5. The number of pyridine rings is 1. The van der Waals surface area contributed by atoms with Crippen LogP contribution in [0.1, 0.15) is 21.6 Å². The Balaban J connectivity index is 2.10. The standard InChI is InChI=1S/C19H16ClNO3/c1-11-8-14(5-6-16(11)20)24-18-9-12(2)21-17-7-4-13(10-15(17)18)19(22)23-3/h4-10H,1-3H3. The molecule has 0 atom stereocenters. The molecule has 3 rings (SSSR count). The lowest BCUT2D eigenvalue weighted by atomic mass is 10.1. The fraction of sp³-hybridized carbons (Fsp3) is 0.158. The molecule has 5 heteroatoms. The molecule has 0 fully saturated rings. The number of methoxy groups -OCH3 is 1. The molecule has 1 heterocycles. The molecule has 0 N–H and O–H groups in total. The van der Waals surface area contributed by atoms with Gasteiger partial charge in [0.05, 0.1) is 18.2 Å². The van der Waals surface area contributed by atoms with E-state index in [1.54, 1.807) is 30.3 Å². The molecule has 122 valence electrons. The van der Waals surface area contributed by atoms with Gasteiger partial charge in [0.2, 0.25) is 0 Å². The van der Waals surface area contributed by atoms with Crippen molar-refractivity contribution in [1.82, 2.24) is 4.98 Å². The van der Waals surface area contributed by atoms with Gasteiger partial charge in [-0.3, -0.25) is 4.98 Å². The summed E-state index contributed by atoms with van der Waals surface area (Å²) in [6.45, 7) is 3.81. The van der Waals surface area contributed by atoms with Crippen molar-refractivity contribution < 1.29 is 14.3 Å². The molecule has 1 aromatic heterocycles. The van der Waals surface area contributed by atoms with Crippen molar-refractivity contribution in [3.8, 4) is 11.5 Å². The van der Waals surface area contributed by atoms with E-state index in [0.29, 0.717) is 22.1 Å². The maximum atomic E-state index is 11.8. The molecule has 24 heavy (non-hydrogen) atoms. The Morgan fingerprint density at radius 2 is 1.88 bits per heavy atom. The summed E-state index contributed by atoms with van der Waals surface area (Å²) < 4.78 is 10.8. The average molecular weight is 342 g/mol. The van der Waals surface area contributed by atoms with Gasteiger partial charge in [0.1, 0.15) is 11.5 Å². The number of aryl methyl sites for hydroxylation is 2. The number of rotatable bonds is 3. The van der Waals surface area contributed by atoms with Crippen LogP contribution in [0.3, 0.4) is 0 Å². The van der Waals surface area contributed by atoms with Crippen LogP contribution in [-0.2, 0) is 4.74 Å². The zero-order valence-corrected chi connectivity index (χ0v) is 14.3. The summed E-state index contributed by atoms with van der Waals surface area (Å²) in [5.74, 6) is 0.906. The number of carbonyl (C=O) groups is 1. The fourth-order valence-corrected chi connectivity index (χ4v) is 2.58. The minimum Gasteiger partial charge on any atom is -0.465 e. The largest absolute Gasteiger partial charge is 0.465 e. The minimum absolute atomic E-state index is 0.397. The fourth-order valence-electron chi connectivity index (χ4n) is 2.46. The molecular weight excluding hydrogens is 326 g/mol. The van der Waals surface area contributed by atoms with Gasteiger partial charge < -0.3 is 9.47 Å². The molecule has 0 aliphatic rings. The van der Waals surface area contributed by atoms with E-state index in [9.17, 15) is 4.79 Å². The van der Waals surface area contributed by atoms with Gasteiger partial charge in [0.25, 0.3) is 0 Å². The molecule has 0 bridgehead atoms. The van der Waals surface area contributed by atoms with Gasteiger partial charge >= 0.3 is 5.97 Å². The van der Waals surface area contributed by atoms with Gasteiger partial charge in [-0.05, 0) is 55.8 Å². The number of aromatic nitrogens is 1. The highest BCUT2D eigenvalue weighted by atomic mass is 35.5. The van der Waals surface area contributed by atoms with E-state index in [2.05, 4.69) is 4.98 Å². The zero-order valence-electron chi connectivity index (χ0n) is 13.6. The summed E-state index contributed by atoms with van der Waals surface area (Å²) in [7, 11) is 1.35. The van der Waals surface area contributed by atoms with Crippen molar-refractivity contribution in [2.45, 2.75) is 13.8 Å². The van der Waals surface area contributed by atoms with E-state index in [-0.39, 0.29) is 0 Å². The Morgan fingerprint density at radius 1 is 1.08 bits per heavy atom. The second-order valence-corrected chi connectivity index (χ2v) is 5.91. The van der Waals surface area contributed by atoms with Gasteiger partial charge in [-0.25, -0.2) is 4.79 Å². The van der Waals surface area contributed by atoms with Crippen LogP contribution >= 0.6 is 11.6 Å². The summed E-state index contributed by atoms with van der Waals surface area (Å²) in [5, 5.41) is 1.43. The third kappa shape index (κ3) is 3.19. The molecule has 0 aliphatic carbocycles. The van der Waals surface area contributed by atoms with E-state index >= 15 is 0 Å². The first-order valence-corrected chi connectivity index (χ1v) is 7.79. The monoisotopic (exact) mass is 341 g/mol. The molecule has 2 aromatic carbocycles. The number of halogens is 1. The van der Waals surface area contributed by atoms with Crippen LogP contribution in [0.5, 0.6) is 11.5 Å². The van der Waals surface area contributed by atoms with E-state index in [4.69, 9.17) is 21.1 Å². The number of benzene rings is 2. The number of hydrogen-bond donors (Lipinski definition) is 0. The van der Waals surface area contributed by atoms with Crippen LogP contribution in [0.4, 0.5) is 0 Å². The molecule has 0 amide bonds. The van der Waals surface area contributed by atoms with E-state index in [1.165, 1.54) is 7.11 Å². The normalized spacial score (nSPS) is 10.7. The second kappa shape index (κ2) is 6.49. The van der Waals surface area contributed by atoms with Crippen LogP contribution in [0.15, 0.2) is 42.5 Å². The average Bonchev–Trinajstić information content (AvgIpc) is 2.57. The first-order valence-electron chi connectivity index (χ1n) is 7.41. The predicted molar refractivity (Wildman–Crippen MR) is 94.1 cm³/mol. The number of hydrogen-bond acceptors (Lipinski definition) is 4. The van der Waals surface area contributed by atoms with E-state index in [0.717, 1.165) is 22.2 Å². The summed E-state index contributed by atoms with van der Waals surface area (Å²) >= 11 is 6.06. The van der Waals surface area contributed by atoms with Gasteiger partial charge in [0.15, 0.2) is 0 Å². The maximum Gasteiger partial charge on any atom is 0.337 e. The summed E-state index contributed by atoms with van der Waals surface area (Å²) in [5.41, 5.74) is 2.96. The molecule has 0 saturated heterocycles. The topological polar surface area (TPSA) is 48.4 Å². The SMILES string of the molecule is COC(=O)c1ccc2nc(C)cc(Oc3ccc(Cl)c(C)c3)c2c1.